The molecule has 5 heterocycles. The van der Waals surface area contributed by atoms with Crippen LogP contribution in [-0.4, -0.2) is 51.9 Å². The van der Waals surface area contributed by atoms with E-state index in [1.54, 1.807) is 0 Å². The number of imidazole rings is 1. The highest BCUT2D eigenvalue weighted by Crippen LogP contribution is 2.30. The molecular formula is C22H25FN4. The quantitative estimate of drug-likeness (QED) is 0.709. The van der Waals surface area contributed by atoms with Gasteiger partial charge in [-0.15, -0.1) is 0 Å². The third-order valence-corrected chi connectivity index (χ3v) is 6.18. The van der Waals surface area contributed by atoms with Gasteiger partial charge in [-0.1, -0.05) is 6.07 Å². The number of halogens is 1. The summed E-state index contributed by atoms with van der Waals surface area (Å²) in [6, 6.07) is 13.5. The van der Waals surface area contributed by atoms with Crippen LogP contribution in [0.15, 0.2) is 48.7 Å². The topological polar surface area (TPSA) is 23.8 Å². The van der Waals surface area contributed by atoms with Crippen LogP contribution in [0.25, 0.3) is 16.9 Å². The van der Waals surface area contributed by atoms with Crippen LogP contribution >= 0.6 is 0 Å². The van der Waals surface area contributed by atoms with E-state index in [0.29, 0.717) is 6.04 Å². The van der Waals surface area contributed by atoms with Crippen LogP contribution in [0.5, 0.6) is 0 Å². The monoisotopic (exact) mass is 364 g/mol. The third kappa shape index (κ3) is 3.15. The van der Waals surface area contributed by atoms with E-state index in [2.05, 4.69) is 27.4 Å². The van der Waals surface area contributed by atoms with Crippen LogP contribution < -0.4 is 0 Å². The molecule has 3 aliphatic heterocycles. The van der Waals surface area contributed by atoms with Crippen molar-refractivity contribution in [3.8, 4) is 11.3 Å². The lowest BCUT2D eigenvalue weighted by atomic mass is 9.96. The van der Waals surface area contributed by atoms with Gasteiger partial charge in [0, 0.05) is 44.0 Å². The molecule has 5 heteroatoms. The van der Waals surface area contributed by atoms with Gasteiger partial charge in [0.05, 0.1) is 11.4 Å². The maximum absolute atomic E-state index is 13.4. The lowest BCUT2D eigenvalue weighted by Crippen LogP contribution is -2.40. The number of nitrogens with zero attached hydrogens (tertiary/aromatic N) is 4. The van der Waals surface area contributed by atoms with E-state index in [0.717, 1.165) is 42.5 Å². The molecule has 3 aliphatic rings. The van der Waals surface area contributed by atoms with Gasteiger partial charge in [-0.05, 0) is 62.2 Å². The minimum absolute atomic E-state index is 0.212. The molecule has 2 bridgehead atoms. The first kappa shape index (κ1) is 16.9. The van der Waals surface area contributed by atoms with Crippen molar-refractivity contribution in [2.75, 3.05) is 26.7 Å². The molecule has 0 spiro atoms. The Bertz CT molecular complexity index is 949. The van der Waals surface area contributed by atoms with Crippen molar-refractivity contribution in [3.05, 3.63) is 60.2 Å². The molecular weight excluding hydrogens is 339 g/mol. The minimum atomic E-state index is -0.212. The number of hydrogen-bond acceptors (Lipinski definition) is 3. The summed E-state index contributed by atoms with van der Waals surface area (Å²) in [7, 11) is 2.26. The van der Waals surface area contributed by atoms with Crippen LogP contribution in [-0.2, 0) is 6.54 Å². The zero-order valence-electron chi connectivity index (χ0n) is 15.7. The predicted molar refractivity (Wildman–Crippen MR) is 105 cm³/mol. The molecule has 3 saturated heterocycles. The first-order valence-electron chi connectivity index (χ1n) is 9.82. The summed E-state index contributed by atoms with van der Waals surface area (Å²) in [4.78, 5) is 10.00. The predicted octanol–water partition coefficient (Wildman–Crippen LogP) is 3.67. The second kappa shape index (κ2) is 6.73. The van der Waals surface area contributed by atoms with Crippen molar-refractivity contribution < 1.29 is 4.39 Å². The number of fused-ring (bicyclic) bond motifs is 5. The molecule has 1 aromatic carbocycles. The maximum Gasteiger partial charge on any atom is 0.137 e. The molecule has 6 rings (SSSR count). The second-order valence-corrected chi connectivity index (χ2v) is 8.07. The highest BCUT2D eigenvalue weighted by Gasteiger charge is 2.33. The first-order chi connectivity index (χ1) is 13.2. The van der Waals surface area contributed by atoms with Gasteiger partial charge in [-0.3, -0.25) is 4.90 Å². The molecule has 0 saturated carbocycles. The molecule has 3 aromatic rings. The number of piperidine rings is 1. The Morgan fingerprint density at radius 3 is 2.70 bits per heavy atom. The van der Waals surface area contributed by atoms with Crippen LogP contribution in [0.3, 0.4) is 0 Å². The van der Waals surface area contributed by atoms with Crippen molar-refractivity contribution in [2.24, 2.45) is 5.92 Å². The van der Waals surface area contributed by atoms with E-state index < -0.39 is 0 Å². The highest BCUT2D eigenvalue weighted by atomic mass is 19.1. The number of pyridine rings is 1. The molecule has 2 aromatic heterocycles. The second-order valence-electron chi connectivity index (χ2n) is 8.07. The summed E-state index contributed by atoms with van der Waals surface area (Å²) in [5.74, 6) is 0.540. The zero-order valence-corrected chi connectivity index (χ0v) is 15.7. The molecule has 0 unspecified atom stereocenters. The molecule has 4 nitrogen and oxygen atoms in total. The Balaban J connectivity index is 1.54. The van der Waals surface area contributed by atoms with E-state index >= 15 is 0 Å². The van der Waals surface area contributed by atoms with Gasteiger partial charge >= 0.3 is 0 Å². The number of likely N-dealkylation sites (N-methyl/N-ethyl adjacent to an activating group) is 1. The minimum Gasteiger partial charge on any atom is -0.302 e. The van der Waals surface area contributed by atoms with Gasteiger partial charge in [0.2, 0.25) is 0 Å². The van der Waals surface area contributed by atoms with Gasteiger partial charge in [-0.25, -0.2) is 9.37 Å². The van der Waals surface area contributed by atoms with Gasteiger partial charge in [0.15, 0.2) is 0 Å². The van der Waals surface area contributed by atoms with Gasteiger partial charge < -0.3 is 9.30 Å². The van der Waals surface area contributed by atoms with Crippen molar-refractivity contribution in [3.63, 3.8) is 0 Å². The first-order valence-corrected chi connectivity index (χ1v) is 9.82. The van der Waals surface area contributed by atoms with E-state index in [4.69, 9.17) is 4.98 Å². The van der Waals surface area contributed by atoms with Crippen molar-refractivity contribution in [2.45, 2.75) is 25.4 Å². The highest BCUT2D eigenvalue weighted by molar-refractivity contribution is 5.66. The van der Waals surface area contributed by atoms with E-state index in [1.165, 1.54) is 37.2 Å². The fraction of sp³-hybridized carbons (Fsp3) is 0.409. The fourth-order valence-electron chi connectivity index (χ4n) is 4.79. The van der Waals surface area contributed by atoms with Crippen molar-refractivity contribution in [1.82, 2.24) is 19.2 Å². The van der Waals surface area contributed by atoms with Crippen LogP contribution in [0, 0.1) is 11.7 Å². The molecule has 2 atom stereocenters. The summed E-state index contributed by atoms with van der Waals surface area (Å²) in [5.41, 5.74) is 4.08. The largest absolute Gasteiger partial charge is 0.302 e. The van der Waals surface area contributed by atoms with Gasteiger partial charge in [0.1, 0.15) is 11.5 Å². The molecule has 0 amide bonds. The van der Waals surface area contributed by atoms with E-state index in [-0.39, 0.29) is 5.82 Å². The molecule has 0 N–H and O–H groups in total. The standard InChI is InChI=1S/C22H25FN4/c1-25-12-16-5-10-19(25)14-26(13-16)15-20-22(17-6-8-18(23)9-7-17)24-21-4-2-3-11-27(20)21/h2-4,6-9,11,16,19H,5,10,12-15H2,1H3/t16-,19-/m1/s1. The number of aromatic nitrogens is 2. The Kier molecular flexibility index (Phi) is 4.21. The maximum atomic E-state index is 13.4. The summed E-state index contributed by atoms with van der Waals surface area (Å²) in [6.45, 7) is 4.33. The number of hydrogen-bond donors (Lipinski definition) is 0. The van der Waals surface area contributed by atoms with Crippen molar-refractivity contribution >= 4 is 5.65 Å². The smallest absolute Gasteiger partial charge is 0.137 e. The average molecular weight is 364 g/mol. The Morgan fingerprint density at radius 2 is 1.89 bits per heavy atom. The zero-order chi connectivity index (χ0) is 18.4. The average Bonchev–Trinajstić information content (AvgIpc) is 2.81. The van der Waals surface area contributed by atoms with Gasteiger partial charge in [0.25, 0.3) is 0 Å². The lowest BCUT2D eigenvalue weighted by Gasteiger charge is -2.32. The van der Waals surface area contributed by atoms with Crippen LogP contribution in [0.2, 0.25) is 0 Å². The SMILES string of the molecule is CN1C[C@H]2CC[C@@H]1CN(Cc1c(-c3ccc(F)cc3)nc3ccccn13)C2. The lowest BCUT2D eigenvalue weighted by molar-refractivity contribution is 0.165. The summed E-state index contributed by atoms with van der Waals surface area (Å²) >= 11 is 0. The van der Waals surface area contributed by atoms with Crippen molar-refractivity contribution in [1.29, 1.82) is 0 Å². The van der Waals surface area contributed by atoms with E-state index in [1.807, 2.05) is 30.3 Å². The summed E-state index contributed by atoms with van der Waals surface area (Å²) < 4.78 is 15.6. The Labute approximate surface area is 159 Å². The fourth-order valence-corrected chi connectivity index (χ4v) is 4.79. The normalized spacial score (nSPS) is 23.8. The number of rotatable bonds is 3. The van der Waals surface area contributed by atoms with Crippen LogP contribution in [0.4, 0.5) is 4.39 Å². The van der Waals surface area contributed by atoms with E-state index in [9.17, 15) is 4.39 Å². The summed E-state index contributed by atoms with van der Waals surface area (Å²) in [5, 5.41) is 0. The van der Waals surface area contributed by atoms with Crippen LogP contribution in [0.1, 0.15) is 18.5 Å². The molecule has 0 aliphatic carbocycles. The van der Waals surface area contributed by atoms with Gasteiger partial charge in [-0.2, -0.15) is 0 Å². The molecule has 140 valence electrons. The molecule has 0 radical (unpaired) electrons. The number of benzene rings is 1. The molecule has 27 heavy (non-hydrogen) atoms. The Hall–Kier alpha value is -2.24. The Morgan fingerprint density at radius 1 is 1.04 bits per heavy atom. The molecule has 3 fully saturated rings. The summed E-state index contributed by atoms with van der Waals surface area (Å²) in [6.07, 6.45) is 4.72. The third-order valence-electron chi connectivity index (χ3n) is 6.18.